The van der Waals surface area contributed by atoms with Crippen molar-refractivity contribution in [2.45, 2.75) is 50.1 Å². The van der Waals surface area contributed by atoms with Gasteiger partial charge in [-0.15, -0.1) is 0 Å². The fourth-order valence-corrected chi connectivity index (χ4v) is 6.42. The van der Waals surface area contributed by atoms with Gasteiger partial charge in [0, 0.05) is 10.9 Å². The number of carbonyl (C=O) groups is 3. The fraction of sp³-hybridized carbons (Fsp3) is 0.667. The highest BCUT2D eigenvalue weighted by Crippen LogP contribution is 2.37. The van der Waals surface area contributed by atoms with Gasteiger partial charge in [0.2, 0.25) is 21.5 Å². The van der Waals surface area contributed by atoms with E-state index in [-0.39, 0.29) is 11.4 Å². The lowest BCUT2D eigenvalue weighted by Crippen LogP contribution is -2.74. The largest absolute Gasteiger partial charge is 0.614 e. The van der Waals surface area contributed by atoms with Gasteiger partial charge in [0.05, 0.1) is 0 Å². The van der Waals surface area contributed by atoms with E-state index in [0.29, 0.717) is 17.3 Å². The van der Waals surface area contributed by atoms with Crippen LogP contribution in [0, 0.1) is 0 Å². The van der Waals surface area contributed by atoms with Gasteiger partial charge in [-0.1, -0.05) is 48.5 Å². The van der Waals surface area contributed by atoms with Crippen molar-refractivity contribution in [2.75, 3.05) is 11.1 Å². The first kappa shape index (κ1) is 20.5. The number of unbranched alkanes of at least 4 members (excludes halogenated alkanes) is 3. The first-order chi connectivity index (χ1) is 12.1. The summed E-state index contributed by atoms with van der Waals surface area (Å²) in [5, 5.41) is 2.05. The van der Waals surface area contributed by atoms with E-state index in [9.17, 15) is 18.9 Å². The number of nitrogens with zero attached hydrogens (tertiary/aromatic N) is 1. The molecule has 2 amide bonds. The lowest BCUT2D eigenvalue weighted by atomic mass is 10.0. The van der Waals surface area contributed by atoms with Crippen molar-refractivity contribution in [3.63, 3.8) is 0 Å². The summed E-state index contributed by atoms with van der Waals surface area (Å²) in [6, 6.07) is 0.0886. The molecule has 25 heavy (non-hydrogen) atoms. The fourth-order valence-electron chi connectivity index (χ4n) is 2.98. The molecule has 1 fully saturated rings. The van der Waals surface area contributed by atoms with Crippen LogP contribution in [0.15, 0.2) is 11.3 Å². The number of alkyl halides is 1. The molecular formula is C15H23BrN2O5SSi. The minimum Gasteiger partial charge on any atom is -0.614 e. The van der Waals surface area contributed by atoms with Crippen LogP contribution in [-0.2, 0) is 30.0 Å². The van der Waals surface area contributed by atoms with Crippen LogP contribution in [0.4, 0.5) is 0 Å². The third-order valence-electron chi connectivity index (χ3n) is 4.29. The van der Waals surface area contributed by atoms with Crippen molar-refractivity contribution >= 4 is 55.2 Å². The molecule has 0 aromatic carbocycles. The van der Waals surface area contributed by atoms with E-state index < -0.39 is 44.2 Å². The number of halogens is 1. The average molecular weight is 451 g/mol. The molecule has 7 nitrogen and oxygen atoms in total. The van der Waals surface area contributed by atoms with Crippen LogP contribution in [0.2, 0.25) is 6.04 Å². The number of fused-ring (bicyclic) bond motifs is 1. The lowest BCUT2D eigenvalue weighted by molar-refractivity contribution is -0.149. The number of carbonyl (C=O) groups excluding carboxylic acids is 3. The summed E-state index contributed by atoms with van der Waals surface area (Å²) in [6.45, 7) is 2.14. The van der Waals surface area contributed by atoms with Gasteiger partial charge in [-0.2, -0.15) is 0 Å². The summed E-state index contributed by atoms with van der Waals surface area (Å²) in [5.74, 6) is -0.726. The Balaban J connectivity index is 2.02. The predicted octanol–water partition coefficient (Wildman–Crippen LogP) is 0.306. The second-order valence-corrected chi connectivity index (χ2v) is 9.52. The van der Waals surface area contributed by atoms with Crippen LogP contribution in [-0.4, -0.2) is 60.0 Å². The predicted molar refractivity (Wildman–Crippen MR) is 101 cm³/mol. The molecule has 2 unspecified atom stereocenters. The molecule has 140 valence electrons. The molecule has 0 aliphatic carbocycles. The van der Waals surface area contributed by atoms with E-state index >= 15 is 0 Å². The smallest absolute Gasteiger partial charge is 0.341 e. The van der Waals surface area contributed by atoms with Crippen LogP contribution < -0.4 is 5.32 Å². The SMILES string of the molecule is CCCCCC[SiH2]OC(=O)C1=C(CBr)C[S+]([O-])[C@@H]2C(NC=O)C(=O)N12. The first-order valence-corrected chi connectivity index (χ1v) is 12.5. The summed E-state index contributed by atoms with van der Waals surface area (Å²) < 4.78 is 17.8. The van der Waals surface area contributed by atoms with Gasteiger partial charge >= 0.3 is 5.97 Å². The lowest BCUT2D eigenvalue weighted by Gasteiger charge is -2.48. The van der Waals surface area contributed by atoms with E-state index in [2.05, 4.69) is 28.2 Å². The highest BCUT2D eigenvalue weighted by Gasteiger charge is 2.60. The molecule has 2 aliphatic heterocycles. The summed E-state index contributed by atoms with van der Waals surface area (Å²) in [7, 11) is -0.992. The number of nitrogens with one attached hydrogen (secondary N) is 1. The van der Waals surface area contributed by atoms with Gasteiger partial charge < -0.3 is 14.3 Å². The van der Waals surface area contributed by atoms with Crippen LogP contribution in [0.3, 0.4) is 0 Å². The maximum absolute atomic E-state index is 12.5. The van der Waals surface area contributed by atoms with Crippen molar-refractivity contribution < 1.29 is 23.4 Å². The molecule has 2 aliphatic rings. The summed E-state index contributed by atoms with van der Waals surface area (Å²) in [6.07, 6.45) is 4.96. The molecule has 10 heteroatoms. The molecule has 0 bridgehead atoms. The van der Waals surface area contributed by atoms with Gasteiger partial charge in [0.15, 0.2) is 6.04 Å². The Morgan fingerprint density at radius 3 is 2.92 bits per heavy atom. The highest BCUT2D eigenvalue weighted by molar-refractivity contribution is 9.09. The van der Waals surface area contributed by atoms with Crippen LogP contribution in [0.1, 0.15) is 32.6 Å². The Morgan fingerprint density at radius 1 is 1.52 bits per heavy atom. The zero-order valence-electron chi connectivity index (χ0n) is 14.2. The molecule has 1 saturated heterocycles. The van der Waals surface area contributed by atoms with E-state index in [1.807, 2.05) is 0 Å². The Labute approximate surface area is 161 Å². The number of hydrogen-bond acceptors (Lipinski definition) is 5. The molecule has 2 heterocycles. The van der Waals surface area contributed by atoms with Crippen molar-refractivity contribution in [1.82, 2.24) is 10.2 Å². The quantitative estimate of drug-likeness (QED) is 0.129. The Hall–Kier alpha value is -0.843. The maximum atomic E-state index is 12.5. The Bertz CT molecular complexity index is 562. The minimum atomic E-state index is -1.36. The highest BCUT2D eigenvalue weighted by atomic mass is 79.9. The van der Waals surface area contributed by atoms with Crippen LogP contribution in [0.25, 0.3) is 0 Å². The zero-order valence-corrected chi connectivity index (χ0v) is 18.0. The second-order valence-electron chi connectivity index (χ2n) is 6.02. The maximum Gasteiger partial charge on any atom is 0.341 e. The molecule has 2 rings (SSSR count). The number of hydrogen-bond donors (Lipinski definition) is 1. The third-order valence-corrected chi connectivity index (χ3v) is 7.87. The normalized spacial score (nSPS) is 25.8. The summed E-state index contributed by atoms with van der Waals surface area (Å²) in [5.41, 5.74) is 0.814. The van der Waals surface area contributed by atoms with Gasteiger partial charge in [0.25, 0.3) is 5.91 Å². The van der Waals surface area contributed by atoms with Crippen molar-refractivity contribution in [3.05, 3.63) is 11.3 Å². The van der Waals surface area contributed by atoms with Crippen molar-refractivity contribution in [3.8, 4) is 0 Å². The topological polar surface area (TPSA) is 98.8 Å². The molecule has 3 atom stereocenters. The summed E-state index contributed by atoms with van der Waals surface area (Å²) >= 11 is 1.94. The zero-order chi connectivity index (χ0) is 18.4. The average Bonchev–Trinajstić information content (AvgIpc) is 2.61. The van der Waals surface area contributed by atoms with Gasteiger partial charge in [-0.25, -0.2) is 4.79 Å². The van der Waals surface area contributed by atoms with Crippen LogP contribution >= 0.6 is 15.9 Å². The number of amides is 2. The van der Waals surface area contributed by atoms with Crippen molar-refractivity contribution in [2.24, 2.45) is 0 Å². The molecule has 0 aromatic rings. The Morgan fingerprint density at radius 2 is 2.28 bits per heavy atom. The van der Waals surface area contributed by atoms with Gasteiger partial charge in [-0.05, 0) is 17.2 Å². The molecule has 0 radical (unpaired) electrons. The monoisotopic (exact) mass is 450 g/mol. The molecule has 0 spiro atoms. The minimum absolute atomic E-state index is 0.194. The molecular weight excluding hydrogens is 428 g/mol. The summed E-state index contributed by atoms with van der Waals surface area (Å²) in [4.78, 5) is 36.7. The van der Waals surface area contributed by atoms with Gasteiger partial charge in [0.1, 0.15) is 11.4 Å². The molecule has 1 N–H and O–H groups in total. The molecule has 0 aromatic heterocycles. The first-order valence-electron chi connectivity index (χ1n) is 8.41. The van der Waals surface area contributed by atoms with Crippen LogP contribution in [0.5, 0.6) is 0 Å². The Kier molecular flexibility index (Phi) is 7.98. The van der Waals surface area contributed by atoms with E-state index in [4.69, 9.17) is 4.43 Å². The van der Waals surface area contributed by atoms with Gasteiger partial charge in [-0.3, -0.25) is 14.5 Å². The van der Waals surface area contributed by atoms with E-state index in [1.54, 1.807) is 0 Å². The van der Waals surface area contributed by atoms with E-state index in [1.165, 1.54) is 11.3 Å². The van der Waals surface area contributed by atoms with Crippen molar-refractivity contribution in [1.29, 1.82) is 0 Å². The van der Waals surface area contributed by atoms with E-state index in [0.717, 1.165) is 25.3 Å². The number of β-lactam (4-membered cyclic amide) rings is 1. The number of rotatable bonds is 10. The standard InChI is InChI=1S/C15H23BrN2O5SSi/c1-2-3-4-5-6-25-23-15(21)12-10(7-16)8-24(22)14-11(17-9-19)13(20)18(12)14/h9,11,14H,2-8,25H2,1H3,(H,17,19)/t11?,14-,24?/m1/s1. The second kappa shape index (κ2) is 9.74. The third kappa shape index (κ3) is 4.47. The molecule has 0 saturated carbocycles.